The molecule has 0 aliphatic carbocycles. The minimum atomic E-state index is -5.78. The van der Waals surface area contributed by atoms with Crippen LogP contribution in [0, 0.1) is 17.5 Å². The lowest BCUT2D eigenvalue weighted by molar-refractivity contribution is -0.291. The maximum absolute atomic E-state index is 12.8. The van der Waals surface area contributed by atoms with E-state index < -0.39 is 23.4 Å². The second kappa shape index (κ2) is 3.18. The van der Waals surface area contributed by atoms with Crippen LogP contribution in [0.4, 0.5) is 22.0 Å². The summed E-state index contributed by atoms with van der Waals surface area (Å²) in [6.45, 7) is 0. The summed E-state index contributed by atoms with van der Waals surface area (Å²) in [6.07, 6.45) is -3.84. The Morgan fingerprint density at radius 3 is 2.27 bits per heavy atom. The topological polar surface area (TPSA) is 41.6 Å². The largest absolute Gasteiger partial charge is 0.459 e. The van der Waals surface area contributed by atoms with E-state index in [9.17, 15) is 22.0 Å². The Morgan fingerprint density at radius 1 is 1.33 bits per heavy atom. The van der Waals surface area contributed by atoms with Crippen molar-refractivity contribution in [3.8, 4) is 6.07 Å². The number of aromatic nitrogens is 2. The van der Waals surface area contributed by atoms with E-state index in [2.05, 4.69) is 5.10 Å². The molecule has 0 fully saturated rings. The molecule has 15 heavy (non-hydrogen) atoms. The number of halogens is 5. The third kappa shape index (κ3) is 1.77. The average molecular weight is 224 g/mol. The van der Waals surface area contributed by atoms with Gasteiger partial charge < -0.3 is 0 Å². The molecule has 1 aromatic rings. The van der Waals surface area contributed by atoms with Gasteiger partial charge in [0.2, 0.25) is 0 Å². The first kappa shape index (κ1) is 11.4. The minimum Gasteiger partial charge on any atom is -0.264 e. The molecule has 0 atom stereocenters. The van der Waals surface area contributed by atoms with E-state index in [1.54, 1.807) is 0 Å². The molecule has 0 amide bonds. The van der Waals surface area contributed by atoms with Gasteiger partial charge in [-0.3, -0.25) is 4.68 Å². The predicted octanol–water partition coefficient (Wildman–Crippen LogP) is 1.75. The Morgan fingerprint density at radius 2 is 1.87 bits per heavy atom. The van der Waals surface area contributed by atoms with Gasteiger partial charge in [0.15, 0.2) is 5.69 Å². The SMILES string of the molecule is Cn1[c]c(C#N)c(C(F)(F)C(F)(F)F)n1. The molecule has 0 unspecified atom stereocenters. The molecule has 0 aliphatic rings. The van der Waals surface area contributed by atoms with Gasteiger partial charge in [-0.15, -0.1) is 0 Å². The quantitative estimate of drug-likeness (QED) is 0.682. The Hall–Kier alpha value is -1.65. The van der Waals surface area contributed by atoms with Crippen molar-refractivity contribution in [1.29, 1.82) is 5.26 Å². The highest BCUT2D eigenvalue weighted by molar-refractivity contribution is 5.33. The van der Waals surface area contributed by atoms with E-state index >= 15 is 0 Å². The fraction of sp³-hybridized carbons (Fsp3) is 0.429. The summed E-state index contributed by atoms with van der Waals surface area (Å²) in [5, 5.41) is 11.2. The van der Waals surface area contributed by atoms with Crippen LogP contribution in [0.2, 0.25) is 0 Å². The third-order valence-electron chi connectivity index (χ3n) is 1.53. The zero-order valence-corrected chi connectivity index (χ0v) is 7.23. The van der Waals surface area contributed by atoms with Crippen molar-refractivity contribution in [1.82, 2.24) is 9.78 Å². The summed E-state index contributed by atoms with van der Waals surface area (Å²) in [5.74, 6) is -5.14. The summed E-state index contributed by atoms with van der Waals surface area (Å²) >= 11 is 0. The van der Waals surface area contributed by atoms with Gasteiger partial charge in [-0.05, 0) is 0 Å². The molecule has 81 valence electrons. The maximum Gasteiger partial charge on any atom is 0.459 e. The molecule has 1 aromatic heterocycles. The van der Waals surface area contributed by atoms with Crippen molar-refractivity contribution in [2.45, 2.75) is 12.1 Å². The van der Waals surface area contributed by atoms with Gasteiger partial charge in [-0.2, -0.15) is 32.3 Å². The first-order chi connectivity index (χ1) is 6.70. The Labute approximate surface area is 80.7 Å². The molecule has 0 bridgehead atoms. The van der Waals surface area contributed by atoms with Gasteiger partial charge in [0, 0.05) is 7.05 Å². The maximum atomic E-state index is 12.8. The Bertz CT molecular complexity index is 411. The van der Waals surface area contributed by atoms with Crippen LogP contribution >= 0.6 is 0 Å². The van der Waals surface area contributed by atoms with Crippen LogP contribution < -0.4 is 0 Å². The van der Waals surface area contributed by atoms with Gasteiger partial charge >= 0.3 is 12.1 Å². The fourth-order valence-electron chi connectivity index (χ4n) is 0.872. The van der Waals surface area contributed by atoms with Crippen LogP contribution in [0.1, 0.15) is 11.3 Å². The first-order valence-corrected chi connectivity index (χ1v) is 3.51. The van der Waals surface area contributed by atoms with Crippen molar-refractivity contribution in [2.24, 2.45) is 7.05 Å². The molecule has 1 rings (SSSR count). The molecular weight excluding hydrogens is 221 g/mol. The zero-order valence-electron chi connectivity index (χ0n) is 7.23. The summed E-state index contributed by atoms with van der Waals surface area (Å²) in [7, 11) is 1.09. The van der Waals surface area contributed by atoms with Crippen LogP contribution in [0.25, 0.3) is 0 Å². The van der Waals surface area contributed by atoms with Crippen LogP contribution in [0.15, 0.2) is 0 Å². The fourth-order valence-corrected chi connectivity index (χ4v) is 0.872. The molecule has 8 heteroatoms. The van der Waals surface area contributed by atoms with E-state index in [1.807, 2.05) is 6.20 Å². The van der Waals surface area contributed by atoms with Crippen molar-refractivity contribution in [3.63, 3.8) is 0 Å². The molecule has 0 spiro atoms. The molecule has 0 aliphatic heterocycles. The van der Waals surface area contributed by atoms with Gasteiger partial charge in [-0.25, -0.2) is 0 Å². The van der Waals surface area contributed by atoms with Gasteiger partial charge in [0.25, 0.3) is 0 Å². The number of nitrogens with zero attached hydrogens (tertiary/aromatic N) is 3. The normalized spacial score (nSPS) is 12.6. The molecule has 0 N–H and O–H groups in total. The number of nitriles is 1. The van der Waals surface area contributed by atoms with Crippen molar-refractivity contribution in [2.75, 3.05) is 0 Å². The second-order valence-corrected chi connectivity index (χ2v) is 2.64. The predicted molar refractivity (Wildman–Crippen MR) is 36.7 cm³/mol. The molecule has 1 radical (unpaired) electrons. The Balaban J connectivity index is 3.34. The van der Waals surface area contributed by atoms with Crippen molar-refractivity contribution < 1.29 is 22.0 Å². The minimum absolute atomic E-state index is 0.605. The summed E-state index contributed by atoms with van der Waals surface area (Å²) in [4.78, 5) is 0. The van der Waals surface area contributed by atoms with Gasteiger partial charge in [0.05, 0.1) is 0 Å². The monoisotopic (exact) mass is 224 g/mol. The highest BCUT2D eigenvalue weighted by Gasteiger charge is 2.61. The van der Waals surface area contributed by atoms with E-state index in [0.717, 1.165) is 7.05 Å². The van der Waals surface area contributed by atoms with E-state index in [-0.39, 0.29) is 0 Å². The lowest BCUT2D eigenvalue weighted by Gasteiger charge is -2.17. The summed E-state index contributed by atoms with van der Waals surface area (Å²) < 4.78 is 61.9. The molecule has 3 nitrogen and oxygen atoms in total. The van der Waals surface area contributed by atoms with Crippen molar-refractivity contribution >= 4 is 0 Å². The van der Waals surface area contributed by atoms with Crippen molar-refractivity contribution in [3.05, 3.63) is 17.5 Å². The average Bonchev–Trinajstić information content (AvgIpc) is 2.45. The van der Waals surface area contributed by atoms with E-state index in [4.69, 9.17) is 5.26 Å². The number of hydrogen-bond donors (Lipinski definition) is 0. The highest BCUT2D eigenvalue weighted by atomic mass is 19.4. The van der Waals surface area contributed by atoms with E-state index in [0.29, 0.717) is 4.68 Å². The molecule has 0 saturated carbocycles. The smallest absolute Gasteiger partial charge is 0.264 e. The Kier molecular flexibility index (Phi) is 2.43. The van der Waals surface area contributed by atoms with E-state index in [1.165, 1.54) is 6.07 Å². The van der Waals surface area contributed by atoms with Gasteiger partial charge in [-0.1, -0.05) is 0 Å². The second-order valence-electron chi connectivity index (χ2n) is 2.64. The zero-order chi connectivity index (χ0) is 11.9. The van der Waals surface area contributed by atoms with Crippen LogP contribution in [0.3, 0.4) is 0 Å². The van der Waals surface area contributed by atoms with Crippen LogP contribution in [0.5, 0.6) is 0 Å². The standard InChI is InChI=1S/C7H3F5N3/c1-15-3-4(2-13)5(14-15)6(8,9)7(10,11)12/h1H3. The highest BCUT2D eigenvalue weighted by Crippen LogP contribution is 2.43. The number of aryl methyl sites for hydroxylation is 1. The molecule has 1 heterocycles. The number of rotatable bonds is 1. The summed E-state index contributed by atoms with van der Waals surface area (Å²) in [6, 6.07) is 1.18. The molecular formula is C7H3F5N3. The number of alkyl halides is 5. The first-order valence-electron chi connectivity index (χ1n) is 3.51. The number of hydrogen-bond acceptors (Lipinski definition) is 2. The lowest BCUT2D eigenvalue weighted by Crippen LogP contribution is -2.34. The lowest BCUT2D eigenvalue weighted by atomic mass is 10.1. The summed E-state index contributed by atoms with van der Waals surface area (Å²) in [5.41, 5.74) is -2.54. The van der Waals surface area contributed by atoms with Crippen LogP contribution in [-0.2, 0) is 13.0 Å². The molecule has 0 saturated heterocycles. The molecule has 0 aromatic carbocycles. The van der Waals surface area contributed by atoms with Gasteiger partial charge in [0.1, 0.15) is 17.8 Å². The van der Waals surface area contributed by atoms with Crippen LogP contribution in [-0.4, -0.2) is 16.0 Å². The third-order valence-corrected chi connectivity index (χ3v) is 1.53.